The van der Waals surface area contributed by atoms with Crippen molar-refractivity contribution in [3.05, 3.63) is 64.2 Å². The fraction of sp³-hybridized carbons (Fsp3) is 0.263. The van der Waals surface area contributed by atoms with Gasteiger partial charge in [-0.05, 0) is 35.4 Å². The Morgan fingerprint density at radius 1 is 1.21 bits per heavy atom. The van der Waals surface area contributed by atoms with Crippen molar-refractivity contribution in [3.8, 4) is 5.75 Å². The highest BCUT2D eigenvalue weighted by atomic mass is 35.5. The van der Waals surface area contributed by atoms with Gasteiger partial charge in [-0.15, -0.1) is 0 Å². The Bertz CT molecular complexity index is 888. The van der Waals surface area contributed by atoms with Crippen molar-refractivity contribution in [1.82, 2.24) is 5.32 Å². The molecule has 10 heteroatoms. The Kier molecular flexibility index (Phi) is 7.10. The second-order valence-electron chi connectivity index (χ2n) is 6.16. The SMILES string of the molecule is COc1ccc(C[C@H](NC(=O)[C@H](O)c2ccc(C(F)(F)F)cc2)C(N)=O)cc1Cl. The number of benzene rings is 2. The van der Waals surface area contributed by atoms with Crippen LogP contribution >= 0.6 is 11.6 Å². The molecule has 2 amide bonds. The van der Waals surface area contributed by atoms with Gasteiger partial charge in [0.15, 0.2) is 6.10 Å². The summed E-state index contributed by atoms with van der Waals surface area (Å²) in [6, 6.07) is 7.03. The number of hydrogen-bond donors (Lipinski definition) is 3. The maximum Gasteiger partial charge on any atom is 0.416 e. The van der Waals surface area contributed by atoms with E-state index in [2.05, 4.69) is 5.32 Å². The molecule has 156 valence electrons. The second-order valence-corrected chi connectivity index (χ2v) is 6.57. The lowest BCUT2D eigenvalue weighted by Gasteiger charge is -2.19. The number of primary amides is 1. The summed E-state index contributed by atoms with van der Waals surface area (Å²) < 4.78 is 42.9. The van der Waals surface area contributed by atoms with Gasteiger partial charge in [-0.25, -0.2) is 0 Å². The monoisotopic (exact) mass is 430 g/mol. The van der Waals surface area contributed by atoms with E-state index >= 15 is 0 Å². The molecule has 0 aromatic heterocycles. The topological polar surface area (TPSA) is 102 Å². The highest BCUT2D eigenvalue weighted by Crippen LogP contribution is 2.30. The number of alkyl halides is 3. The molecule has 0 spiro atoms. The van der Waals surface area contributed by atoms with E-state index in [-0.39, 0.29) is 12.0 Å². The van der Waals surface area contributed by atoms with E-state index in [1.807, 2.05) is 0 Å². The average molecular weight is 431 g/mol. The molecule has 0 aliphatic rings. The van der Waals surface area contributed by atoms with E-state index in [9.17, 15) is 27.9 Å². The van der Waals surface area contributed by atoms with E-state index in [1.165, 1.54) is 13.2 Å². The van der Waals surface area contributed by atoms with Crippen molar-refractivity contribution in [3.63, 3.8) is 0 Å². The first-order chi connectivity index (χ1) is 13.5. The Labute approximate surface area is 169 Å². The molecule has 2 aromatic carbocycles. The fourth-order valence-electron chi connectivity index (χ4n) is 2.55. The first-order valence-electron chi connectivity index (χ1n) is 8.30. The molecule has 0 unspecified atom stereocenters. The Balaban J connectivity index is 2.10. The molecule has 0 bridgehead atoms. The highest BCUT2D eigenvalue weighted by molar-refractivity contribution is 6.32. The van der Waals surface area contributed by atoms with Crippen molar-refractivity contribution < 1.29 is 32.6 Å². The van der Waals surface area contributed by atoms with Gasteiger partial charge in [-0.1, -0.05) is 29.8 Å². The zero-order valence-electron chi connectivity index (χ0n) is 15.2. The molecule has 29 heavy (non-hydrogen) atoms. The van der Waals surface area contributed by atoms with Gasteiger partial charge in [0.05, 0.1) is 17.7 Å². The van der Waals surface area contributed by atoms with Gasteiger partial charge in [-0.3, -0.25) is 9.59 Å². The maximum atomic E-state index is 12.6. The average Bonchev–Trinajstić information content (AvgIpc) is 2.66. The molecule has 2 atom stereocenters. The van der Waals surface area contributed by atoms with E-state index < -0.39 is 35.7 Å². The van der Waals surface area contributed by atoms with Crippen molar-refractivity contribution >= 4 is 23.4 Å². The van der Waals surface area contributed by atoms with Crippen LogP contribution in [0.5, 0.6) is 5.75 Å². The maximum absolute atomic E-state index is 12.6. The third-order valence-electron chi connectivity index (χ3n) is 4.12. The lowest BCUT2D eigenvalue weighted by atomic mass is 10.0. The summed E-state index contributed by atoms with van der Waals surface area (Å²) >= 11 is 6.02. The van der Waals surface area contributed by atoms with Crippen molar-refractivity contribution in [1.29, 1.82) is 0 Å². The highest BCUT2D eigenvalue weighted by Gasteiger charge is 2.31. The van der Waals surface area contributed by atoms with Crippen LogP contribution in [0.4, 0.5) is 13.2 Å². The second kappa shape index (κ2) is 9.15. The fourth-order valence-corrected chi connectivity index (χ4v) is 2.83. The first kappa shape index (κ1) is 22.5. The van der Waals surface area contributed by atoms with E-state index in [0.29, 0.717) is 16.3 Å². The summed E-state index contributed by atoms with van der Waals surface area (Å²) in [5.41, 5.74) is 4.91. The number of halogens is 4. The van der Waals surface area contributed by atoms with E-state index in [0.717, 1.165) is 24.3 Å². The number of carbonyl (C=O) groups excluding carboxylic acids is 2. The molecule has 6 nitrogen and oxygen atoms in total. The lowest BCUT2D eigenvalue weighted by molar-refractivity contribution is -0.137. The van der Waals surface area contributed by atoms with Crippen LogP contribution in [-0.2, 0) is 22.2 Å². The predicted molar refractivity (Wildman–Crippen MR) is 99.2 cm³/mol. The molecule has 2 rings (SSSR count). The van der Waals surface area contributed by atoms with Crippen LogP contribution in [0.25, 0.3) is 0 Å². The molecule has 0 aliphatic carbocycles. The summed E-state index contributed by atoms with van der Waals surface area (Å²) in [6.07, 6.45) is -6.33. The minimum Gasteiger partial charge on any atom is -0.495 e. The summed E-state index contributed by atoms with van der Waals surface area (Å²) in [7, 11) is 1.44. The predicted octanol–water partition coefficient (Wildman–Crippen LogP) is 2.61. The number of rotatable bonds is 7. The van der Waals surface area contributed by atoms with Crippen LogP contribution in [0.15, 0.2) is 42.5 Å². The molecular weight excluding hydrogens is 413 g/mol. The van der Waals surface area contributed by atoms with E-state index in [1.54, 1.807) is 12.1 Å². The molecule has 2 aromatic rings. The number of carbonyl (C=O) groups is 2. The largest absolute Gasteiger partial charge is 0.495 e. The van der Waals surface area contributed by atoms with Gasteiger partial charge < -0.3 is 20.9 Å². The van der Waals surface area contributed by atoms with Crippen LogP contribution in [0.2, 0.25) is 5.02 Å². The molecule has 0 radical (unpaired) electrons. The van der Waals surface area contributed by atoms with Gasteiger partial charge in [0.1, 0.15) is 11.8 Å². The van der Waals surface area contributed by atoms with Gasteiger partial charge in [0.25, 0.3) is 5.91 Å². The third-order valence-corrected chi connectivity index (χ3v) is 4.41. The molecule has 0 saturated heterocycles. The number of hydrogen-bond acceptors (Lipinski definition) is 4. The normalized spacial score (nSPS) is 13.4. The minimum atomic E-state index is -4.54. The van der Waals surface area contributed by atoms with Crippen LogP contribution in [0.1, 0.15) is 22.8 Å². The zero-order chi connectivity index (χ0) is 21.8. The van der Waals surface area contributed by atoms with Gasteiger partial charge >= 0.3 is 6.18 Å². The molecule has 4 N–H and O–H groups in total. The smallest absolute Gasteiger partial charge is 0.416 e. The quantitative estimate of drug-likeness (QED) is 0.628. The van der Waals surface area contributed by atoms with Gasteiger partial charge in [-0.2, -0.15) is 13.2 Å². The Morgan fingerprint density at radius 3 is 2.31 bits per heavy atom. The molecular formula is C19H18ClF3N2O4. The number of amides is 2. The number of aliphatic hydroxyl groups is 1. The van der Waals surface area contributed by atoms with Crippen LogP contribution in [-0.4, -0.2) is 30.1 Å². The molecule has 0 aliphatic heterocycles. The molecule has 0 heterocycles. The van der Waals surface area contributed by atoms with E-state index in [4.69, 9.17) is 22.1 Å². The van der Waals surface area contributed by atoms with Crippen LogP contribution in [0.3, 0.4) is 0 Å². The summed E-state index contributed by atoms with van der Waals surface area (Å²) in [5.74, 6) is -1.41. The molecule has 0 fully saturated rings. The van der Waals surface area contributed by atoms with Crippen molar-refractivity contribution in [2.45, 2.75) is 24.7 Å². The number of nitrogens with two attached hydrogens (primary N) is 1. The number of aliphatic hydroxyl groups excluding tert-OH is 1. The minimum absolute atomic E-state index is 0.00941. The third kappa shape index (κ3) is 5.85. The molecule has 0 saturated carbocycles. The zero-order valence-corrected chi connectivity index (χ0v) is 15.9. The number of ether oxygens (including phenoxy) is 1. The van der Waals surface area contributed by atoms with Gasteiger partial charge in [0, 0.05) is 6.42 Å². The summed E-state index contributed by atoms with van der Waals surface area (Å²) in [4.78, 5) is 24.0. The Morgan fingerprint density at radius 2 is 1.83 bits per heavy atom. The standard InChI is InChI=1S/C19H18ClF3N2O4/c1-29-15-7-2-10(8-13(15)20)9-14(17(24)27)25-18(28)16(26)11-3-5-12(6-4-11)19(21,22)23/h2-8,14,16,26H,9H2,1H3,(H2,24,27)(H,25,28)/t14-,16+/m0/s1. The summed E-state index contributed by atoms with van der Waals surface area (Å²) in [5, 5.41) is 12.7. The summed E-state index contributed by atoms with van der Waals surface area (Å²) in [6.45, 7) is 0. The van der Waals surface area contributed by atoms with Gasteiger partial charge in [0.2, 0.25) is 5.91 Å². The lowest BCUT2D eigenvalue weighted by Crippen LogP contribution is -2.47. The first-order valence-corrected chi connectivity index (χ1v) is 8.68. The van der Waals surface area contributed by atoms with Crippen molar-refractivity contribution in [2.75, 3.05) is 7.11 Å². The van der Waals surface area contributed by atoms with Crippen molar-refractivity contribution in [2.24, 2.45) is 5.73 Å². The van der Waals surface area contributed by atoms with Crippen LogP contribution in [0, 0.1) is 0 Å². The van der Waals surface area contributed by atoms with Crippen LogP contribution < -0.4 is 15.8 Å². The Hall–Kier alpha value is -2.78. The number of nitrogens with one attached hydrogen (secondary N) is 1. The number of methoxy groups -OCH3 is 1.